The first-order valence-corrected chi connectivity index (χ1v) is 10.0. The molecule has 2 atom stereocenters. The Bertz CT molecular complexity index is 686. The molecule has 0 bridgehead atoms. The highest BCUT2D eigenvalue weighted by molar-refractivity contribution is 7.85. The van der Waals surface area contributed by atoms with Crippen LogP contribution in [0.4, 0.5) is 0 Å². The average molecular weight is 346 g/mol. The van der Waals surface area contributed by atoms with Crippen LogP contribution in [0.5, 0.6) is 0 Å². The lowest BCUT2D eigenvalue weighted by Crippen LogP contribution is -2.44. The van der Waals surface area contributed by atoms with Crippen LogP contribution in [0.25, 0.3) is 0 Å². The van der Waals surface area contributed by atoms with E-state index in [2.05, 4.69) is 15.0 Å². The van der Waals surface area contributed by atoms with Gasteiger partial charge >= 0.3 is 0 Å². The Labute approximate surface area is 146 Å². The summed E-state index contributed by atoms with van der Waals surface area (Å²) in [5.41, 5.74) is 0. The highest BCUT2D eigenvalue weighted by Crippen LogP contribution is 2.19. The van der Waals surface area contributed by atoms with E-state index in [-0.39, 0.29) is 0 Å². The summed E-state index contributed by atoms with van der Waals surface area (Å²) in [6, 6.07) is 10.2. The normalized spacial score (nSPS) is 20.2. The van der Waals surface area contributed by atoms with E-state index in [0.29, 0.717) is 11.8 Å². The van der Waals surface area contributed by atoms with Gasteiger partial charge in [-0.1, -0.05) is 24.6 Å². The maximum atomic E-state index is 12.5. The van der Waals surface area contributed by atoms with Gasteiger partial charge in [0, 0.05) is 23.2 Å². The van der Waals surface area contributed by atoms with Gasteiger partial charge < -0.3 is 0 Å². The van der Waals surface area contributed by atoms with Gasteiger partial charge in [0.1, 0.15) is 11.6 Å². The fourth-order valence-electron chi connectivity index (χ4n) is 3.39. The van der Waals surface area contributed by atoms with Crippen molar-refractivity contribution in [2.45, 2.75) is 50.6 Å². The van der Waals surface area contributed by atoms with Crippen molar-refractivity contribution in [1.82, 2.24) is 19.7 Å². The first-order valence-electron chi connectivity index (χ1n) is 8.69. The first kappa shape index (κ1) is 17.3. The lowest BCUT2D eigenvalue weighted by molar-refractivity contribution is 0.137. The fraction of sp³-hybridized carbons (Fsp3) is 0.556. The summed E-state index contributed by atoms with van der Waals surface area (Å²) in [7, 11) is -0.923. The predicted octanol–water partition coefficient (Wildman–Crippen LogP) is 2.56. The molecule has 0 N–H and O–H groups in total. The van der Waals surface area contributed by atoms with E-state index in [9.17, 15) is 4.21 Å². The van der Waals surface area contributed by atoms with Gasteiger partial charge in [0.2, 0.25) is 0 Å². The van der Waals surface area contributed by atoms with Crippen LogP contribution in [0.2, 0.25) is 0 Å². The highest BCUT2D eigenvalue weighted by Gasteiger charge is 2.24. The van der Waals surface area contributed by atoms with Crippen LogP contribution in [-0.2, 0) is 17.3 Å². The Morgan fingerprint density at radius 3 is 2.71 bits per heavy atom. The molecule has 0 spiro atoms. The van der Waals surface area contributed by atoms with Gasteiger partial charge in [-0.05, 0) is 45.4 Å². The Morgan fingerprint density at radius 2 is 2.00 bits per heavy atom. The summed E-state index contributed by atoms with van der Waals surface area (Å²) < 4.78 is 14.5. The van der Waals surface area contributed by atoms with E-state index in [0.717, 1.165) is 36.2 Å². The smallest absolute Gasteiger partial charge is 0.147 e. The van der Waals surface area contributed by atoms with Crippen molar-refractivity contribution in [3.63, 3.8) is 0 Å². The average Bonchev–Trinajstić information content (AvgIpc) is 2.92. The number of benzene rings is 1. The largest absolute Gasteiger partial charge is 0.298 e. The number of aryl methyl sites for hydroxylation is 2. The summed E-state index contributed by atoms with van der Waals surface area (Å²) in [6.07, 6.45) is 3.66. The van der Waals surface area contributed by atoms with Crippen LogP contribution >= 0.6 is 0 Å². The summed E-state index contributed by atoms with van der Waals surface area (Å²) in [5, 5.41) is 4.50. The van der Waals surface area contributed by atoms with Crippen molar-refractivity contribution in [2.24, 2.45) is 0 Å². The second-order valence-corrected chi connectivity index (χ2v) is 8.01. The van der Waals surface area contributed by atoms with E-state index in [1.807, 2.05) is 48.9 Å². The summed E-state index contributed by atoms with van der Waals surface area (Å²) in [6.45, 7) is 6.79. The van der Waals surface area contributed by atoms with Crippen LogP contribution in [0.1, 0.15) is 30.9 Å². The van der Waals surface area contributed by atoms with Crippen molar-refractivity contribution in [2.75, 3.05) is 18.8 Å². The quantitative estimate of drug-likeness (QED) is 0.807. The monoisotopic (exact) mass is 346 g/mol. The van der Waals surface area contributed by atoms with Crippen molar-refractivity contribution in [3.05, 3.63) is 42.0 Å². The molecule has 1 aromatic carbocycles. The third-order valence-corrected chi connectivity index (χ3v) is 6.02. The van der Waals surface area contributed by atoms with Crippen LogP contribution < -0.4 is 0 Å². The van der Waals surface area contributed by atoms with Gasteiger partial charge in [0.05, 0.1) is 17.3 Å². The minimum absolute atomic E-state index is 0.464. The number of hydrogen-bond acceptors (Lipinski definition) is 4. The van der Waals surface area contributed by atoms with E-state index < -0.39 is 10.8 Å². The maximum Gasteiger partial charge on any atom is 0.147 e. The molecule has 0 radical (unpaired) electrons. The molecule has 0 aliphatic carbocycles. The Kier molecular flexibility index (Phi) is 5.79. The third-order valence-electron chi connectivity index (χ3n) is 4.67. The van der Waals surface area contributed by atoms with Crippen LogP contribution in [0, 0.1) is 13.8 Å². The Hall–Kier alpha value is -1.53. The number of rotatable bonds is 6. The topological polar surface area (TPSA) is 51.0 Å². The molecule has 2 heterocycles. The number of aromatic nitrogens is 3. The van der Waals surface area contributed by atoms with Gasteiger partial charge in [-0.25, -0.2) is 9.67 Å². The molecule has 2 unspecified atom stereocenters. The number of nitrogens with zero attached hydrogens (tertiary/aromatic N) is 4. The van der Waals surface area contributed by atoms with Crippen molar-refractivity contribution < 1.29 is 4.21 Å². The second kappa shape index (κ2) is 8.03. The number of hydrogen-bond donors (Lipinski definition) is 0. The van der Waals surface area contributed by atoms with Crippen molar-refractivity contribution >= 4 is 10.8 Å². The molecule has 1 aliphatic heterocycles. The second-order valence-electron chi connectivity index (χ2n) is 6.44. The molecule has 130 valence electrons. The van der Waals surface area contributed by atoms with E-state index in [1.54, 1.807) is 0 Å². The van der Waals surface area contributed by atoms with E-state index in [4.69, 9.17) is 0 Å². The number of piperidine rings is 1. The van der Waals surface area contributed by atoms with Gasteiger partial charge in [0.25, 0.3) is 0 Å². The third kappa shape index (κ3) is 4.30. The lowest BCUT2D eigenvalue weighted by Gasteiger charge is -2.35. The van der Waals surface area contributed by atoms with Gasteiger partial charge in [-0.15, -0.1) is 0 Å². The van der Waals surface area contributed by atoms with Crippen LogP contribution in [-0.4, -0.2) is 48.8 Å². The van der Waals surface area contributed by atoms with E-state index in [1.165, 1.54) is 19.3 Å². The first-order chi connectivity index (χ1) is 11.6. The summed E-state index contributed by atoms with van der Waals surface area (Å²) in [4.78, 5) is 7.81. The molecule has 3 rings (SSSR count). The molecule has 1 aliphatic rings. The lowest BCUT2D eigenvalue weighted by atomic mass is 10.0. The number of likely N-dealkylation sites (tertiary alicyclic amines) is 1. The van der Waals surface area contributed by atoms with Crippen LogP contribution in [0.3, 0.4) is 0 Å². The summed E-state index contributed by atoms with van der Waals surface area (Å²) >= 11 is 0. The predicted molar refractivity (Wildman–Crippen MR) is 96.4 cm³/mol. The molecule has 0 amide bonds. The molecule has 1 aromatic heterocycles. The Balaban J connectivity index is 1.60. The van der Waals surface area contributed by atoms with Crippen LogP contribution in [0.15, 0.2) is 35.2 Å². The molecule has 2 aromatic rings. The molecular formula is C18H26N4OS. The highest BCUT2D eigenvalue weighted by atomic mass is 32.2. The molecule has 1 saturated heterocycles. The molecule has 1 fully saturated rings. The molecule has 6 heteroatoms. The SMILES string of the molecule is Cc1nc(C)n(CC2CCCCN2CCS(=O)c2ccccc2)n1. The van der Waals surface area contributed by atoms with Gasteiger partial charge in [0.15, 0.2) is 0 Å². The van der Waals surface area contributed by atoms with Gasteiger partial charge in [-0.3, -0.25) is 9.11 Å². The Morgan fingerprint density at radius 1 is 1.21 bits per heavy atom. The summed E-state index contributed by atoms with van der Waals surface area (Å²) in [5.74, 6) is 2.50. The zero-order valence-corrected chi connectivity index (χ0v) is 15.3. The van der Waals surface area contributed by atoms with Crippen molar-refractivity contribution in [3.8, 4) is 0 Å². The molecular weight excluding hydrogens is 320 g/mol. The maximum absolute atomic E-state index is 12.5. The molecule has 5 nitrogen and oxygen atoms in total. The molecule has 24 heavy (non-hydrogen) atoms. The van der Waals surface area contributed by atoms with Crippen molar-refractivity contribution in [1.29, 1.82) is 0 Å². The van der Waals surface area contributed by atoms with E-state index >= 15 is 0 Å². The standard InChI is InChI=1S/C18H26N4OS/c1-15-19-16(2)22(20-15)14-17-8-6-7-11-21(17)12-13-24(23)18-9-4-3-5-10-18/h3-5,9-10,17H,6-8,11-14H2,1-2H3. The minimum atomic E-state index is -0.923. The fourth-order valence-corrected chi connectivity index (χ4v) is 4.48. The zero-order valence-electron chi connectivity index (χ0n) is 14.5. The van der Waals surface area contributed by atoms with Gasteiger partial charge in [-0.2, -0.15) is 5.10 Å². The zero-order chi connectivity index (χ0) is 16.9. The minimum Gasteiger partial charge on any atom is -0.298 e. The molecule has 0 saturated carbocycles.